The summed E-state index contributed by atoms with van der Waals surface area (Å²) >= 11 is 0. The number of hydrogen-bond donors (Lipinski definition) is 2. The summed E-state index contributed by atoms with van der Waals surface area (Å²) in [5, 5.41) is 5.73. The minimum Gasteiger partial charge on any atom is -0.340 e. The number of benzene rings is 1. The first-order valence-electron chi connectivity index (χ1n) is 11.2. The van der Waals surface area contributed by atoms with E-state index in [1.165, 1.54) is 10.7 Å². The number of urea groups is 1. The largest absolute Gasteiger partial charge is 0.340 e. The van der Waals surface area contributed by atoms with Gasteiger partial charge in [-0.1, -0.05) is 31.4 Å². The molecule has 1 heterocycles. The molecule has 8 nitrogen and oxygen atoms in total. The Morgan fingerprint density at radius 2 is 1.71 bits per heavy atom. The second-order valence-corrected chi connectivity index (χ2v) is 10.4. The average molecular weight is 451 g/mol. The number of nitrogens with one attached hydrogen (secondary N) is 2. The highest BCUT2D eigenvalue weighted by molar-refractivity contribution is 7.89. The van der Waals surface area contributed by atoms with Crippen molar-refractivity contribution in [2.75, 3.05) is 32.7 Å². The Hall–Kier alpha value is -2.13. The molecule has 1 aliphatic carbocycles. The molecule has 1 aromatic rings. The Kier molecular flexibility index (Phi) is 7.94. The van der Waals surface area contributed by atoms with Crippen molar-refractivity contribution < 1.29 is 18.0 Å². The van der Waals surface area contributed by atoms with Crippen LogP contribution in [0.3, 0.4) is 0 Å². The van der Waals surface area contributed by atoms with Gasteiger partial charge in [0.15, 0.2) is 0 Å². The van der Waals surface area contributed by atoms with Crippen molar-refractivity contribution in [3.05, 3.63) is 29.3 Å². The van der Waals surface area contributed by atoms with Gasteiger partial charge >= 0.3 is 6.03 Å². The number of sulfonamides is 1. The van der Waals surface area contributed by atoms with Crippen LogP contribution >= 0.6 is 0 Å². The number of aryl methyl sites for hydroxylation is 2. The van der Waals surface area contributed by atoms with Crippen molar-refractivity contribution in [1.82, 2.24) is 19.8 Å². The highest BCUT2D eigenvalue weighted by atomic mass is 32.2. The van der Waals surface area contributed by atoms with E-state index in [1.54, 1.807) is 17.9 Å². The lowest BCUT2D eigenvalue weighted by Gasteiger charge is -2.34. The normalized spacial score (nSPS) is 18.6. The lowest BCUT2D eigenvalue weighted by atomic mass is 9.96. The molecular weight excluding hydrogens is 416 g/mol. The molecular formula is C22H34N4O4S. The Morgan fingerprint density at radius 1 is 1.03 bits per heavy atom. The van der Waals surface area contributed by atoms with Crippen LogP contribution in [0.1, 0.15) is 49.7 Å². The molecule has 2 fully saturated rings. The monoisotopic (exact) mass is 450 g/mol. The molecule has 0 radical (unpaired) electrons. The topological polar surface area (TPSA) is 98.8 Å². The predicted molar refractivity (Wildman–Crippen MR) is 119 cm³/mol. The van der Waals surface area contributed by atoms with E-state index >= 15 is 0 Å². The number of carbonyl (C=O) groups excluding carboxylic acids is 2. The molecule has 9 heteroatoms. The van der Waals surface area contributed by atoms with Crippen LogP contribution in [0.2, 0.25) is 0 Å². The van der Waals surface area contributed by atoms with Crippen LogP contribution in [0.5, 0.6) is 0 Å². The summed E-state index contributed by atoms with van der Waals surface area (Å²) in [5.41, 5.74) is 1.62. The number of nitrogens with zero attached hydrogens (tertiary/aromatic N) is 2. The van der Waals surface area contributed by atoms with Crippen LogP contribution in [0.15, 0.2) is 23.1 Å². The second-order valence-electron chi connectivity index (χ2n) is 8.54. The van der Waals surface area contributed by atoms with Crippen LogP contribution in [0, 0.1) is 13.8 Å². The second kappa shape index (κ2) is 10.5. The maximum atomic E-state index is 13.0. The van der Waals surface area contributed by atoms with Crippen LogP contribution in [0.25, 0.3) is 0 Å². The van der Waals surface area contributed by atoms with Crippen molar-refractivity contribution in [3.8, 4) is 0 Å². The SMILES string of the molecule is Cc1ccc(C)c(S(=O)(=O)N2CCN(C(=O)CCNC(=O)NC3CCCCC3)CC2)c1. The van der Waals surface area contributed by atoms with E-state index in [1.807, 2.05) is 19.1 Å². The number of carbonyl (C=O) groups is 2. The van der Waals surface area contributed by atoms with Gasteiger partial charge in [-0.2, -0.15) is 4.31 Å². The highest BCUT2D eigenvalue weighted by Crippen LogP contribution is 2.22. The molecule has 172 valence electrons. The molecule has 31 heavy (non-hydrogen) atoms. The first kappa shape index (κ1) is 23.5. The number of hydrogen-bond acceptors (Lipinski definition) is 4. The van der Waals surface area contributed by atoms with Crippen molar-refractivity contribution in [2.45, 2.75) is 63.3 Å². The Labute approximate surface area is 185 Å². The van der Waals surface area contributed by atoms with Gasteiger partial charge < -0.3 is 15.5 Å². The zero-order chi connectivity index (χ0) is 22.4. The number of piperazine rings is 1. The van der Waals surface area contributed by atoms with E-state index in [0.717, 1.165) is 36.8 Å². The molecule has 0 spiro atoms. The smallest absolute Gasteiger partial charge is 0.315 e. The van der Waals surface area contributed by atoms with Gasteiger partial charge in [-0.15, -0.1) is 0 Å². The Morgan fingerprint density at radius 3 is 2.39 bits per heavy atom. The molecule has 2 aliphatic rings. The van der Waals surface area contributed by atoms with Gasteiger partial charge in [-0.3, -0.25) is 4.79 Å². The van der Waals surface area contributed by atoms with Crippen LogP contribution in [-0.2, 0) is 14.8 Å². The summed E-state index contributed by atoms with van der Waals surface area (Å²) in [6.07, 6.45) is 5.77. The molecule has 3 rings (SSSR count). The van der Waals surface area contributed by atoms with Gasteiger partial charge in [0.25, 0.3) is 0 Å². The van der Waals surface area contributed by atoms with Crippen molar-refractivity contribution >= 4 is 22.0 Å². The van der Waals surface area contributed by atoms with Crippen molar-refractivity contribution in [2.24, 2.45) is 0 Å². The quantitative estimate of drug-likeness (QED) is 0.694. The minimum atomic E-state index is -3.58. The van der Waals surface area contributed by atoms with Crippen molar-refractivity contribution in [3.63, 3.8) is 0 Å². The summed E-state index contributed by atoms with van der Waals surface area (Å²) in [7, 11) is -3.58. The van der Waals surface area contributed by atoms with E-state index in [2.05, 4.69) is 10.6 Å². The third-order valence-electron chi connectivity index (χ3n) is 6.12. The summed E-state index contributed by atoms with van der Waals surface area (Å²) in [6, 6.07) is 5.43. The third kappa shape index (κ3) is 6.20. The molecule has 1 aliphatic heterocycles. The van der Waals surface area contributed by atoms with E-state index in [-0.39, 0.29) is 44.0 Å². The standard InChI is InChI=1S/C22H34N4O4S/c1-17-8-9-18(2)20(16-17)31(29,30)26-14-12-25(13-15-26)21(27)10-11-23-22(28)24-19-6-4-3-5-7-19/h8-9,16,19H,3-7,10-15H2,1-2H3,(H2,23,24,28). The number of amides is 3. The van der Waals surface area contributed by atoms with Gasteiger partial charge in [0.05, 0.1) is 4.90 Å². The Bertz CT molecular complexity index is 889. The summed E-state index contributed by atoms with van der Waals surface area (Å²) in [4.78, 5) is 26.5. The van der Waals surface area contributed by atoms with Gasteiger partial charge in [0.2, 0.25) is 15.9 Å². The molecule has 1 aromatic carbocycles. The van der Waals surface area contributed by atoms with E-state index < -0.39 is 10.0 Å². The van der Waals surface area contributed by atoms with Crippen LogP contribution in [0.4, 0.5) is 4.79 Å². The number of rotatable bonds is 6. The van der Waals surface area contributed by atoms with Gasteiger partial charge in [-0.05, 0) is 43.9 Å². The molecule has 0 bridgehead atoms. The van der Waals surface area contributed by atoms with E-state index in [4.69, 9.17) is 0 Å². The highest BCUT2D eigenvalue weighted by Gasteiger charge is 2.31. The maximum Gasteiger partial charge on any atom is 0.315 e. The Balaban J connectivity index is 1.43. The molecule has 1 saturated heterocycles. The fraction of sp³-hybridized carbons (Fsp3) is 0.636. The molecule has 0 unspecified atom stereocenters. The first-order valence-corrected chi connectivity index (χ1v) is 12.6. The first-order chi connectivity index (χ1) is 14.8. The van der Waals surface area contributed by atoms with Crippen LogP contribution in [-0.4, -0.2) is 68.3 Å². The average Bonchev–Trinajstić information content (AvgIpc) is 2.76. The molecule has 0 aromatic heterocycles. The van der Waals surface area contributed by atoms with Gasteiger partial charge in [0.1, 0.15) is 0 Å². The molecule has 2 N–H and O–H groups in total. The summed E-state index contributed by atoms with van der Waals surface area (Å²) < 4.78 is 27.5. The summed E-state index contributed by atoms with van der Waals surface area (Å²) in [6.45, 7) is 5.21. The lowest BCUT2D eigenvalue weighted by Crippen LogP contribution is -2.51. The minimum absolute atomic E-state index is 0.0678. The summed E-state index contributed by atoms with van der Waals surface area (Å²) in [5.74, 6) is -0.0678. The van der Waals surface area contributed by atoms with E-state index in [9.17, 15) is 18.0 Å². The van der Waals surface area contributed by atoms with Crippen LogP contribution < -0.4 is 10.6 Å². The zero-order valence-corrected chi connectivity index (χ0v) is 19.3. The fourth-order valence-electron chi connectivity index (χ4n) is 4.23. The van der Waals surface area contributed by atoms with Crippen molar-refractivity contribution in [1.29, 1.82) is 0 Å². The zero-order valence-electron chi connectivity index (χ0n) is 18.5. The molecule has 0 atom stereocenters. The molecule has 1 saturated carbocycles. The molecule has 3 amide bonds. The fourth-order valence-corrected chi connectivity index (χ4v) is 5.96. The van der Waals surface area contributed by atoms with Gasteiger partial charge in [0, 0.05) is 45.2 Å². The maximum absolute atomic E-state index is 13.0. The lowest BCUT2D eigenvalue weighted by molar-refractivity contribution is -0.132. The third-order valence-corrected chi connectivity index (χ3v) is 8.16. The van der Waals surface area contributed by atoms with Gasteiger partial charge in [-0.25, -0.2) is 13.2 Å². The van der Waals surface area contributed by atoms with E-state index in [0.29, 0.717) is 18.0 Å². The predicted octanol–water partition coefficient (Wildman–Crippen LogP) is 2.16.